The molecule has 0 saturated heterocycles. The number of ether oxygens (including phenoxy) is 1. The van der Waals surface area contributed by atoms with E-state index in [-0.39, 0.29) is 0 Å². The van der Waals surface area contributed by atoms with Crippen molar-refractivity contribution in [2.75, 3.05) is 7.11 Å². The van der Waals surface area contributed by atoms with E-state index in [1.165, 1.54) is 24.6 Å². The summed E-state index contributed by atoms with van der Waals surface area (Å²) < 4.78 is 5.10. The number of thiazole rings is 1. The van der Waals surface area contributed by atoms with E-state index in [1.54, 1.807) is 0 Å². The van der Waals surface area contributed by atoms with Crippen molar-refractivity contribution in [3.63, 3.8) is 0 Å². The van der Waals surface area contributed by atoms with Gasteiger partial charge in [0.2, 0.25) is 6.10 Å². The summed E-state index contributed by atoms with van der Waals surface area (Å²) in [7, 11) is 1.22. The number of esters is 1. The smallest absolute Gasteiger partial charge is 0.341 e. The van der Waals surface area contributed by atoms with Gasteiger partial charge in [-0.15, -0.1) is 11.3 Å². The highest BCUT2D eigenvalue weighted by atomic mass is 79.9. The van der Waals surface area contributed by atoms with E-state index in [9.17, 15) is 9.90 Å². The second-order valence-electron chi connectivity index (χ2n) is 1.93. The molecule has 1 rings (SSSR count). The van der Waals surface area contributed by atoms with Crippen molar-refractivity contribution in [1.82, 2.24) is 4.98 Å². The third-order valence-electron chi connectivity index (χ3n) is 1.15. The van der Waals surface area contributed by atoms with Crippen molar-refractivity contribution in [3.8, 4) is 0 Å². The van der Waals surface area contributed by atoms with Crippen LogP contribution in [0.15, 0.2) is 9.98 Å². The van der Waals surface area contributed by atoms with Crippen LogP contribution in [-0.4, -0.2) is 23.2 Å². The number of hydrogen-bond donors (Lipinski definition) is 1. The third-order valence-corrected chi connectivity index (χ3v) is 2.68. The van der Waals surface area contributed by atoms with Gasteiger partial charge in [-0.1, -0.05) is 0 Å². The maximum Gasteiger partial charge on any atom is 0.341 e. The maximum atomic E-state index is 10.8. The number of carbonyl (C=O) groups excluding carboxylic acids is 1. The molecule has 0 fully saturated rings. The largest absolute Gasteiger partial charge is 0.467 e. The fourth-order valence-corrected chi connectivity index (χ4v) is 1.82. The van der Waals surface area contributed by atoms with Crippen molar-refractivity contribution >= 4 is 33.2 Å². The Bertz CT molecular complexity index is 288. The minimum Gasteiger partial charge on any atom is -0.467 e. The fraction of sp³-hybridized carbons (Fsp3) is 0.333. The molecule has 0 bridgehead atoms. The lowest BCUT2D eigenvalue weighted by atomic mass is 10.4. The number of methoxy groups -OCH3 is 1. The van der Waals surface area contributed by atoms with Gasteiger partial charge in [-0.05, 0) is 15.9 Å². The van der Waals surface area contributed by atoms with Crippen LogP contribution >= 0.6 is 27.3 Å². The Balaban J connectivity index is 2.77. The van der Waals surface area contributed by atoms with Crippen LogP contribution in [0.4, 0.5) is 0 Å². The van der Waals surface area contributed by atoms with Crippen LogP contribution in [0.3, 0.4) is 0 Å². The summed E-state index contributed by atoms with van der Waals surface area (Å²) in [6.07, 6.45) is 0.248. The van der Waals surface area contributed by atoms with Crippen LogP contribution in [0.5, 0.6) is 0 Å². The molecule has 1 atom stereocenters. The van der Waals surface area contributed by atoms with Crippen molar-refractivity contribution in [3.05, 3.63) is 15.0 Å². The summed E-state index contributed by atoms with van der Waals surface area (Å²) in [5, 5.41) is 9.58. The summed E-state index contributed by atoms with van der Waals surface area (Å²) in [6.45, 7) is 0. The van der Waals surface area contributed by atoms with E-state index in [4.69, 9.17) is 0 Å². The Morgan fingerprint density at radius 2 is 2.58 bits per heavy atom. The fourth-order valence-electron chi connectivity index (χ4n) is 0.606. The molecule has 1 heterocycles. The third kappa shape index (κ3) is 2.02. The molecular formula is C6H6BrNO3S. The molecule has 0 spiro atoms. The van der Waals surface area contributed by atoms with Crippen LogP contribution < -0.4 is 0 Å². The van der Waals surface area contributed by atoms with Crippen molar-refractivity contribution in [1.29, 1.82) is 0 Å². The highest BCUT2D eigenvalue weighted by Crippen LogP contribution is 2.24. The molecule has 66 valence electrons. The zero-order valence-corrected chi connectivity index (χ0v) is 8.55. The number of aromatic nitrogens is 1. The number of rotatable bonds is 2. The Labute approximate surface area is 81.3 Å². The lowest BCUT2D eigenvalue weighted by molar-refractivity contribution is -0.150. The minimum atomic E-state index is -1.27. The highest BCUT2D eigenvalue weighted by Gasteiger charge is 2.20. The second-order valence-corrected chi connectivity index (χ2v) is 4.37. The van der Waals surface area contributed by atoms with Gasteiger partial charge in [0.25, 0.3) is 0 Å². The maximum absolute atomic E-state index is 10.8. The standard InChI is InChI=1S/C6H6BrNO3S/c1-11-6(10)4(9)5-8-2-3(7)12-5/h2,4,9H,1H3. The molecule has 1 aromatic rings. The molecule has 0 aliphatic heterocycles. The predicted molar refractivity (Wildman–Crippen MR) is 46.8 cm³/mol. The molecule has 0 radical (unpaired) electrons. The number of aliphatic hydroxyl groups is 1. The van der Waals surface area contributed by atoms with Gasteiger partial charge in [-0.3, -0.25) is 0 Å². The van der Waals surface area contributed by atoms with Crippen molar-refractivity contribution < 1.29 is 14.6 Å². The number of halogens is 1. The van der Waals surface area contributed by atoms with Gasteiger partial charge in [0.05, 0.1) is 17.1 Å². The molecule has 6 heteroatoms. The number of nitrogens with zero attached hydrogens (tertiary/aromatic N) is 1. The second kappa shape index (κ2) is 3.97. The Kier molecular flexibility index (Phi) is 3.19. The SMILES string of the molecule is COC(=O)C(O)c1ncc(Br)s1. The van der Waals surface area contributed by atoms with Crippen LogP contribution in [0.2, 0.25) is 0 Å². The van der Waals surface area contributed by atoms with Gasteiger partial charge >= 0.3 is 5.97 Å². The predicted octanol–water partition coefficient (Wildman–Crippen LogP) is 1.11. The summed E-state index contributed by atoms with van der Waals surface area (Å²) in [4.78, 5) is 14.6. The molecule has 0 aliphatic carbocycles. The molecular weight excluding hydrogens is 246 g/mol. The molecule has 1 aromatic heterocycles. The normalized spacial score (nSPS) is 12.6. The summed E-state index contributed by atoms with van der Waals surface area (Å²) in [6, 6.07) is 0. The zero-order valence-electron chi connectivity index (χ0n) is 6.15. The Hall–Kier alpha value is -0.460. The zero-order chi connectivity index (χ0) is 9.14. The van der Waals surface area contributed by atoms with E-state index in [2.05, 4.69) is 25.7 Å². The average Bonchev–Trinajstić information content (AvgIpc) is 2.49. The lowest BCUT2D eigenvalue weighted by Crippen LogP contribution is -2.12. The highest BCUT2D eigenvalue weighted by molar-refractivity contribution is 9.11. The molecule has 0 amide bonds. The van der Waals surface area contributed by atoms with Gasteiger partial charge in [-0.25, -0.2) is 9.78 Å². The Morgan fingerprint density at radius 1 is 1.92 bits per heavy atom. The molecule has 4 nitrogen and oxygen atoms in total. The summed E-state index contributed by atoms with van der Waals surface area (Å²) in [5.41, 5.74) is 0. The van der Waals surface area contributed by atoms with E-state index in [0.717, 1.165) is 3.79 Å². The first-order valence-corrected chi connectivity index (χ1v) is 4.63. The van der Waals surface area contributed by atoms with Crippen molar-refractivity contribution in [2.45, 2.75) is 6.10 Å². The lowest BCUT2D eigenvalue weighted by Gasteiger charge is -2.02. The molecule has 12 heavy (non-hydrogen) atoms. The van der Waals surface area contributed by atoms with Crippen LogP contribution in [0, 0.1) is 0 Å². The average molecular weight is 252 g/mol. The quantitative estimate of drug-likeness (QED) is 0.801. The topological polar surface area (TPSA) is 59.4 Å². The van der Waals surface area contributed by atoms with Crippen LogP contribution in [0.25, 0.3) is 0 Å². The number of carbonyl (C=O) groups is 1. The molecule has 0 aliphatic rings. The van der Waals surface area contributed by atoms with Crippen LogP contribution in [0.1, 0.15) is 11.1 Å². The van der Waals surface area contributed by atoms with E-state index in [1.807, 2.05) is 0 Å². The van der Waals surface area contributed by atoms with E-state index in [0.29, 0.717) is 5.01 Å². The monoisotopic (exact) mass is 251 g/mol. The van der Waals surface area contributed by atoms with Gasteiger partial charge in [0.1, 0.15) is 5.01 Å². The van der Waals surface area contributed by atoms with Gasteiger partial charge in [0.15, 0.2) is 0 Å². The first-order valence-electron chi connectivity index (χ1n) is 3.02. The van der Waals surface area contributed by atoms with E-state index < -0.39 is 12.1 Å². The number of hydrogen-bond acceptors (Lipinski definition) is 5. The number of aliphatic hydroxyl groups excluding tert-OH is 1. The Morgan fingerprint density at radius 3 is 3.00 bits per heavy atom. The summed E-state index contributed by atoms with van der Waals surface area (Å²) >= 11 is 4.36. The van der Waals surface area contributed by atoms with E-state index >= 15 is 0 Å². The molecule has 0 aromatic carbocycles. The van der Waals surface area contributed by atoms with Crippen LogP contribution in [-0.2, 0) is 9.53 Å². The van der Waals surface area contributed by atoms with Gasteiger partial charge in [0, 0.05) is 0 Å². The van der Waals surface area contributed by atoms with Gasteiger partial charge in [-0.2, -0.15) is 0 Å². The molecule has 1 N–H and O–H groups in total. The van der Waals surface area contributed by atoms with Gasteiger partial charge < -0.3 is 9.84 Å². The first-order chi connectivity index (χ1) is 5.65. The summed E-state index contributed by atoms with van der Waals surface area (Å²) in [5.74, 6) is -0.697. The molecule has 0 saturated carbocycles. The minimum absolute atomic E-state index is 0.328. The molecule has 1 unspecified atom stereocenters. The first kappa shape index (κ1) is 9.63. The van der Waals surface area contributed by atoms with Crippen molar-refractivity contribution in [2.24, 2.45) is 0 Å².